The summed E-state index contributed by atoms with van der Waals surface area (Å²) in [5.41, 5.74) is 1.67. The zero-order valence-electron chi connectivity index (χ0n) is 16.9. The van der Waals surface area contributed by atoms with Crippen molar-refractivity contribution in [3.8, 4) is 0 Å². The quantitative estimate of drug-likeness (QED) is 0.672. The fraction of sp³-hybridized carbons (Fsp3) is 0.364. The van der Waals surface area contributed by atoms with Crippen LogP contribution in [0.1, 0.15) is 44.5 Å². The van der Waals surface area contributed by atoms with Crippen LogP contribution in [0.25, 0.3) is 0 Å². The van der Waals surface area contributed by atoms with Gasteiger partial charge in [-0.1, -0.05) is 36.7 Å². The highest BCUT2D eigenvalue weighted by molar-refractivity contribution is 6.34. The van der Waals surface area contributed by atoms with Gasteiger partial charge < -0.3 is 15.5 Å². The van der Waals surface area contributed by atoms with E-state index in [9.17, 15) is 9.59 Å². The van der Waals surface area contributed by atoms with Gasteiger partial charge >= 0.3 is 0 Å². The first-order chi connectivity index (χ1) is 13.3. The van der Waals surface area contributed by atoms with E-state index in [1.807, 2.05) is 58.0 Å². The van der Waals surface area contributed by atoms with Gasteiger partial charge in [-0.3, -0.25) is 9.59 Å². The van der Waals surface area contributed by atoms with Crippen LogP contribution >= 0.6 is 11.6 Å². The molecule has 150 valence electrons. The van der Waals surface area contributed by atoms with Gasteiger partial charge in [0.25, 0.3) is 5.91 Å². The van der Waals surface area contributed by atoms with E-state index in [2.05, 4.69) is 10.6 Å². The monoisotopic (exact) mass is 401 g/mol. The van der Waals surface area contributed by atoms with Crippen LogP contribution in [0.3, 0.4) is 0 Å². The number of hydrogen-bond acceptors (Lipinski definition) is 3. The van der Waals surface area contributed by atoms with Crippen LogP contribution in [-0.2, 0) is 4.79 Å². The molecule has 2 rings (SSSR count). The third-order valence-corrected chi connectivity index (χ3v) is 4.99. The van der Waals surface area contributed by atoms with E-state index in [1.54, 1.807) is 23.1 Å². The lowest BCUT2D eigenvalue weighted by atomic mass is 10.0. The van der Waals surface area contributed by atoms with E-state index in [1.165, 1.54) is 0 Å². The van der Waals surface area contributed by atoms with Crippen LogP contribution in [0.15, 0.2) is 48.5 Å². The van der Waals surface area contributed by atoms with Crippen LogP contribution in [0.4, 0.5) is 11.4 Å². The average Bonchev–Trinajstić information content (AvgIpc) is 2.67. The first-order valence-electron chi connectivity index (χ1n) is 9.48. The maximum Gasteiger partial charge on any atom is 0.253 e. The van der Waals surface area contributed by atoms with Crippen LogP contribution < -0.4 is 15.5 Å². The highest BCUT2D eigenvalue weighted by Crippen LogP contribution is 2.22. The number of carbonyl (C=O) groups is 2. The van der Waals surface area contributed by atoms with Crippen molar-refractivity contribution in [3.05, 3.63) is 59.1 Å². The number of anilines is 2. The lowest BCUT2D eigenvalue weighted by molar-refractivity contribution is -0.116. The number of halogens is 1. The number of likely N-dealkylation sites (N-methyl/N-ethyl adjacent to an activating group) is 1. The van der Waals surface area contributed by atoms with Gasteiger partial charge in [0, 0.05) is 23.5 Å². The maximum atomic E-state index is 12.6. The van der Waals surface area contributed by atoms with Gasteiger partial charge in [-0.2, -0.15) is 0 Å². The summed E-state index contributed by atoms with van der Waals surface area (Å²) in [6.45, 7) is 8.60. The molecule has 0 spiro atoms. The van der Waals surface area contributed by atoms with Gasteiger partial charge in [0.2, 0.25) is 5.91 Å². The normalized spacial score (nSPS) is 11.0. The van der Waals surface area contributed by atoms with Crippen molar-refractivity contribution < 1.29 is 9.59 Å². The zero-order valence-corrected chi connectivity index (χ0v) is 17.6. The topological polar surface area (TPSA) is 61.4 Å². The number of hydrogen-bond donors (Lipinski definition) is 2. The van der Waals surface area contributed by atoms with Gasteiger partial charge in [0.1, 0.15) is 0 Å². The summed E-state index contributed by atoms with van der Waals surface area (Å²) in [4.78, 5) is 26.7. The molecule has 0 aliphatic carbocycles. The Kier molecular flexibility index (Phi) is 7.46. The summed E-state index contributed by atoms with van der Waals surface area (Å²) < 4.78 is 0. The number of nitrogens with zero attached hydrogens (tertiary/aromatic N) is 1. The molecule has 0 fully saturated rings. The minimum Gasteiger partial charge on any atom is -0.376 e. The smallest absolute Gasteiger partial charge is 0.253 e. The van der Waals surface area contributed by atoms with Crippen molar-refractivity contribution in [2.75, 3.05) is 23.3 Å². The second kappa shape index (κ2) is 9.60. The summed E-state index contributed by atoms with van der Waals surface area (Å²) in [7, 11) is 0. The van der Waals surface area contributed by atoms with Gasteiger partial charge in [-0.25, -0.2) is 0 Å². The van der Waals surface area contributed by atoms with E-state index in [0.717, 1.165) is 12.1 Å². The van der Waals surface area contributed by atoms with Crippen LogP contribution in [-0.4, -0.2) is 30.4 Å². The molecular weight excluding hydrogens is 374 g/mol. The third kappa shape index (κ3) is 5.73. The molecule has 0 radical (unpaired) electrons. The second-order valence-electron chi connectivity index (χ2n) is 7.21. The second-order valence-corrected chi connectivity index (χ2v) is 7.62. The Morgan fingerprint density at radius 2 is 1.75 bits per heavy atom. The third-order valence-electron chi connectivity index (χ3n) is 4.68. The molecule has 0 atom stereocenters. The molecule has 2 N–H and O–H groups in total. The molecule has 0 saturated carbocycles. The largest absolute Gasteiger partial charge is 0.376 e. The van der Waals surface area contributed by atoms with Gasteiger partial charge in [0.15, 0.2) is 0 Å². The van der Waals surface area contributed by atoms with E-state index in [0.29, 0.717) is 22.8 Å². The number of carbonyl (C=O) groups excluding carboxylic acids is 2. The molecule has 5 nitrogen and oxygen atoms in total. The first-order valence-corrected chi connectivity index (χ1v) is 9.86. The van der Waals surface area contributed by atoms with E-state index in [4.69, 9.17) is 11.6 Å². The summed E-state index contributed by atoms with van der Waals surface area (Å²) in [6.07, 6.45) is 0.813. The molecular formula is C22H28ClN3O2. The lowest BCUT2D eigenvalue weighted by Gasteiger charge is -2.25. The molecule has 0 bridgehead atoms. The van der Waals surface area contributed by atoms with Crippen molar-refractivity contribution in [2.24, 2.45) is 0 Å². The number of benzene rings is 2. The molecule has 2 amide bonds. The molecule has 0 heterocycles. The highest BCUT2D eigenvalue weighted by Gasteiger charge is 2.20. The Bertz CT molecular complexity index is 822. The fourth-order valence-corrected chi connectivity index (χ4v) is 2.92. The van der Waals surface area contributed by atoms with Crippen molar-refractivity contribution in [1.82, 2.24) is 5.32 Å². The Labute approximate surface area is 172 Å². The molecule has 2 aromatic carbocycles. The van der Waals surface area contributed by atoms with E-state index < -0.39 is 0 Å². The van der Waals surface area contributed by atoms with Crippen molar-refractivity contribution >= 4 is 34.8 Å². The Morgan fingerprint density at radius 1 is 1.07 bits per heavy atom. The molecule has 2 aromatic rings. The Hall–Kier alpha value is -2.53. The predicted octanol–water partition coefficient (Wildman–Crippen LogP) is 4.72. The minimum atomic E-state index is -0.301. The van der Waals surface area contributed by atoms with E-state index >= 15 is 0 Å². The molecule has 0 saturated heterocycles. The van der Waals surface area contributed by atoms with Gasteiger partial charge in [-0.15, -0.1) is 0 Å². The molecule has 0 aliphatic heterocycles. The summed E-state index contributed by atoms with van der Waals surface area (Å²) in [5, 5.41) is 6.40. The van der Waals surface area contributed by atoms with Crippen LogP contribution in [0.2, 0.25) is 5.02 Å². The maximum absolute atomic E-state index is 12.6. The predicted molar refractivity (Wildman–Crippen MR) is 116 cm³/mol. The molecule has 0 aliphatic rings. The summed E-state index contributed by atoms with van der Waals surface area (Å²) in [5.74, 6) is -0.253. The average molecular weight is 402 g/mol. The van der Waals surface area contributed by atoms with Gasteiger partial charge in [-0.05, 0) is 57.5 Å². The van der Waals surface area contributed by atoms with Crippen molar-refractivity contribution in [2.45, 2.75) is 39.7 Å². The van der Waals surface area contributed by atoms with Crippen molar-refractivity contribution in [1.29, 1.82) is 0 Å². The van der Waals surface area contributed by atoms with Crippen LogP contribution in [0.5, 0.6) is 0 Å². The highest BCUT2D eigenvalue weighted by atomic mass is 35.5. The lowest BCUT2D eigenvalue weighted by Crippen LogP contribution is -2.42. The van der Waals surface area contributed by atoms with Crippen LogP contribution in [0, 0.1) is 0 Å². The molecule has 0 unspecified atom stereocenters. The van der Waals surface area contributed by atoms with E-state index in [-0.39, 0.29) is 23.9 Å². The number of para-hydroxylation sites is 1. The SMILES string of the molecule is CCN(C(=O)CNc1ccc(C(=O)NC(C)(C)CC)c(Cl)c1)c1ccccc1. The summed E-state index contributed by atoms with van der Waals surface area (Å²) >= 11 is 6.30. The zero-order chi connectivity index (χ0) is 20.7. The fourth-order valence-electron chi connectivity index (χ4n) is 2.66. The van der Waals surface area contributed by atoms with Gasteiger partial charge in [0.05, 0.1) is 17.1 Å². The Balaban J connectivity index is 2.02. The Morgan fingerprint density at radius 3 is 2.32 bits per heavy atom. The summed E-state index contributed by atoms with van der Waals surface area (Å²) in [6, 6.07) is 14.6. The standard InChI is InChI=1S/C22H28ClN3O2/c1-5-22(3,4)25-21(28)18-13-12-16(14-19(18)23)24-15-20(27)26(6-2)17-10-8-7-9-11-17/h7-14,24H,5-6,15H2,1-4H3,(H,25,28). The number of amides is 2. The molecule has 0 aromatic heterocycles. The number of nitrogens with one attached hydrogen (secondary N) is 2. The van der Waals surface area contributed by atoms with Crippen molar-refractivity contribution in [3.63, 3.8) is 0 Å². The first kappa shape index (κ1) is 21.8. The molecule has 6 heteroatoms. The molecule has 28 heavy (non-hydrogen) atoms. The number of rotatable bonds is 8. The minimum absolute atomic E-state index is 0.0451.